The van der Waals surface area contributed by atoms with E-state index in [-0.39, 0.29) is 35.1 Å². The van der Waals surface area contributed by atoms with Crippen LogP contribution in [-0.2, 0) is 4.74 Å². The number of methoxy groups -OCH3 is 1. The fraction of sp³-hybridized carbons (Fsp3) is 0.222. The summed E-state index contributed by atoms with van der Waals surface area (Å²) in [6.45, 7) is 1.86. The number of aromatic nitrogens is 1. The Morgan fingerprint density at radius 2 is 2.00 bits per heavy atom. The molecule has 0 radical (unpaired) electrons. The van der Waals surface area contributed by atoms with Crippen molar-refractivity contribution in [3.8, 4) is 11.8 Å². The standard InChI is InChI=1S/C18H17N3O4S/c1-3-25-18(23)14-8-12(9-19)17(21-16(14)20)26-10-15(22)11-4-6-13(24-2)7-5-11/h4-8H,3,10H2,1-2H3,(H2,20,21). The molecule has 7 nitrogen and oxygen atoms in total. The molecule has 1 heterocycles. The number of nitrogens with zero attached hydrogens (tertiary/aromatic N) is 2. The molecular formula is C18H17N3O4S. The van der Waals surface area contributed by atoms with Crippen molar-refractivity contribution in [3.63, 3.8) is 0 Å². The maximum atomic E-state index is 12.3. The smallest absolute Gasteiger partial charge is 0.341 e. The molecule has 0 spiro atoms. The molecule has 0 aliphatic carbocycles. The van der Waals surface area contributed by atoms with Crippen molar-refractivity contribution < 1.29 is 19.1 Å². The fourth-order valence-corrected chi connectivity index (χ4v) is 2.92. The van der Waals surface area contributed by atoms with E-state index in [1.54, 1.807) is 38.3 Å². The molecule has 2 rings (SSSR count). The SMILES string of the molecule is CCOC(=O)c1cc(C#N)c(SCC(=O)c2ccc(OC)cc2)nc1N. The van der Waals surface area contributed by atoms with Gasteiger partial charge in [0.1, 0.15) is 28.2 Å². The number of thioether (sulfide) groups is 1. The van der Waals surface area contributed by atoms with E-state index in [0.717, 1.165) is 11.8 Å². The van der Waals surface area contributed by atoms with Gasteiger partial charge in [-0.2, -0.15) is 5.26 Å². The van der Waals surface area contributed by atoms with E-state index < -0.39 is 5.97 Å². The molecule has 0 bridgehead atoms. The predicted octanol–water partition coefficient (Wildman–Crippen LogP) is 2.70. The van der Waals surface area contributed by atoms with Gasteiger partial charge in [-0.25, -0.2) is 9.78 Å². The number of anilines is 1. The molecule has 1 aromatic heterocycles. The molecule has 0 saturated heterocycles. The van der Waals surface area contributed by atoms with Crippen molar-refractivity contribution in [1.82, 2.24) is 4.98 Å². The second kappa shape index (κ2) is 8.87. The average molecular weight is 371 g/mol. The number of hydrogen-bond donors (Lipinski definition) is 1. The monoisotopic (exact) mass is 371 g/mol. The summed E-state index contributed by atoms with van der Waals surface area (Å²) in [6, 6.07) is 10.0. The summed E-state index contributed by atoms with van der Waals surface area (Å²) in [6.07, 6.45) is 0. The number of carbonyl (C=O) groups excluding carboxylic acids is 2. The Morgan fingerprint density at radius 1 is 1.31 bits per heavy atom. The first-order chi connectivity index (χ1) is 12.5. The Bertz CT molecular complexity index is 860. The van der Waals surface area contributed by atoms with Gasteiger partial charge in [0, 0.05) is 5.56 Å². The summed E-state index contributed by atoms with van der Waals surface area (Å²) >= 11 is 1.09. The maximum Gasteiger partial charge on any atom is 0.341 e. The summed E-state index contributed by atoms with van der Waals surface area (Å²) in [4.78, 5) is 28.2. The van der Waals surface area contributed by atoms with Crippen LogP contribution in [0, 0.1) is 11.3 Å². The van der Waals surface area contributed by atoms with E-state index in [0.29, 0.717) is 16.3 Å². The van der Waals surface area contributed by atoms with Crippen LogP contribution in [0.1, 0.15) is 33.2 Å². The van der Waals surface area contributed by atoms with Gasteiger partial charge in [-0.15, -0.1) is 0 Å². The highest BCUT2D eigenvalue weighted by Gasteiger charge is 2.18. The van der Waals surface area contributed by atoms with Crippen LogP contribution in [0.4, 0.5) is 5.82 Å². The number of nitriles is 1. The molecule has 0 fully saturated rings. The molecule has 0 atom stereocenters. The van der Waals surface area contributed by atoms with Crippen LogP contribution in [0.3, 0.4) is 0 Å². The minimum atomic E-state index is -0.639. The fourth-order valence-electron chi connectivity index (χ4n) is 2.07. The van der Waals surface area contributed by atoms with Crippen LogP contribution in [0.25, 0.3) is 0 Å². The van der Waals surface area contributed by atoms with Gasteiger partial charge in [0.25, 0.3) is 0 Å². The average Bonchev–Trinajstić information content (AvgIpc) is 2.66. The second-order valence-electron chi connectivity index (χ2n) is 5.05. The van der Waals surface area contributed by atoms with Crippen molar-refractivity contribution in [3.05, 3.63) is 47.0 Å². The number of hydrogen-bond acceptors (Lipinski definition) is 8. The third-order valence-corrected chi connectivity index (χ3v) is 4.38. The Morgan fingerprint density at radius 3 is 2.58 bits per heavy atom. The minimum absolute atomic E-state index is 0.0363. The van der Waals surface area contributed by atoms with Crippen LogP contribution >= 0.6 is 11.8 Å². The molecule has 0 aliphatic heterocycles. The van der Waals surface area contributed by atoms with Crippen molar-refractivity contribution in [1.29, 1.82) is 5.26 Å². The summed E-state index contributed by atoms with van der Waals surface area (Å²) in [7, 11) is 1.55. The number of carbonyl (C=O) groups is 2. The third kappa shape index (κ3) is 4.52. The van der Waals surface area contributed by atoms with Gasteiger partial charge in [-0.05, 0) is 37.3 Å². The van der Waals surface area contributed by atoms with Gasteiger partial charge < -0.3 is 15.2 Å². The lowest BCUT2D eigenvalue weighted by Crippen LogP contribution is -2.11. The van der Waals surface area contributed by atoms with E-state index >= 15 is 0 Å². The lowest BCUT2D eigenvalue weighted by molar-refractivity contribution is 0.0527. The van der Waals surface area contributed by atoms with Gasteiger partial charge in [0.15, 0.2) is 5.78 Å². The number of ketones is 1. The van der Waals surface area contributed by atoms with E-state index in [2.05, 4.69) is 4.98 Å². The largest absolute Gasteiger partial charge is 0.497 e. The van der Waals surface area contributed by atoms with E-state index in [4.69, 9.17) is 15.2 Å². The van der Waals surface area contributed by atoms with Gasteiger partial charge in [0.2, 0.25) is 0 Å². The number of nitrogen functional groups attached to an aromatic ring is 1. The summed E-state index contributed by atoms with van der Waals surface area (Å²) < 4.78 is 9.94. The molecular weight excluding hydrogens is 354 g/mol. The van der Waals surface area contributed by atoms with E-state index in [1.165, 1.54) is 6.07 Å². The molecule has 8 heteroatoms. The van der Waals surface area contributed by atoms with Crippen LogP contribution in [0.2, 0.25) is 0 Å². The first-order valence-electron chi connectivity index (χ1n) is 7.68. The Kier molecular flexibility index (Phi) is 6.58. The zero-order valence-corrected chi connectivity index (χ0v) is 15.1. The molecule has 0 saturated carbocycles. The number of pyridine rings is 1. The van der Waals surface area contributed by atoms with Crippen LogP contribution in [0.15, 0.2) is 35.4 Å². The Balaban J connectivity index is 2.15. The molecule has 1 aromatic carbocycles. The van der Waals surface area contributed by atoms with Crippen LogP contribution in [-0.4, -0.2) is 36.2 Å². The Hall–Kier alpha value is -3.05. The minimum Gasteiger partial charge on any atom is -0.497 e. The number of nitrogens with two attached hydrogens (primary N) is 1. The first kappa shape index (κ1) is 19.3. The topological polar surface area (TPSA) is 115 Å². The van der Waals surface area contributed by atoms with Crippen molar-refractivity contribution in [2.45, 2.75) is 11.9 Å². The molecule has 26 heavy (non-hydrogen) atoms. The van der Waals surface area contributed by atoms with Crippen molar-refractivity contribution in [2.24, 2.45) is 0 Å². The first-order valence-corrected chi connectivity index (χ1v) is 8.66. The van der Waals surface area contributed by atoms with Crippen LogP contribution in [0.5, 0.6) is 5.75 Å². The predicted molar refractivity (Wildman–Crippen MR) is 97.4 cm³/mol. The highest BCUT2D eigenvalue weighted by atomic mass is 32.2. The number of esters is 1. The van der Waals surface area contributed by atoms with E-state index in [9.17, 15) is 14.9 Å². The van der Waals surface area contributed by atoms with E-state index in [1.807, 2.05) is 6.07 Å². The highest BCUT2D eigenvalue weighted by Crippen LogP contribution is 2.25. The third-order valence-electron chi connectivity index (χ3n) is 3.38. The quantitative estimate of drug-likeness (QED) is 0.449. The van der Waals surface area contributed by atoms with Gasteiger partial charge >= 0.3 is 5.97 Å². The summed E-state index contributed by atoms with van der Waals surface area (Å²) in [5.41, 5.74) is 6.51. The second-order valence-corrected chi connectivity index (χ2v) is 6.01. The molecule has 0 amide bonds. The summed E-state index contributed by atoms with van der Waals surface area (Å²) in [5.74, 6) is -0.0744. The number of ether oxygens (including phenoxy) is 2. The normalized spacial score (nSPS) is 10.0. The molecule has 2 aromatic rings. The zero-order valence-electron chi connectivity index (χ0n) is 14.3. The van der Waals surface area contributed by atoms with Crippen molar-refractivity contribution in [2.75, 3.05) is 25.2 Å². The molecule has 134 valence electrons. The van der Waals surface area contributed by atoms with Crippen molar-refractivity contribution >= 4 is 29.3 Å². The highest BCUT2D eigenvalue weighted by molar-refractivity contribution is 8.00. The van der Waals surface area contributed by atoms with Crippen LogP contribution < -0.4 is 10.5 Å². The number of Topliss-reactive ketones (excluding diaryl/α,β-unsaturated/α-hetero) is 1. The summed E-state index contributed by atoms with van der Waals surface area (Å²) in [5, 5.41) is 9.58. The lowest BCUT2D eigenvalue weighted by Gasteiger charge is -2.09. The molecule has 2 N–H and O–H groups in total. The van der Waals surface area contributed by atoms with Gasteiger partial charge in [-0.1, -0.05) is 11.8 Å². The lowest BCUT2D eigenvalue weighted by atomic mass is 10.1. The van der Waals surface area contributed by atoms with Gasteiger partial charge in [0.05, 0.1) is 25.0 Å². The Labute approximate surface area is 155 Å². The number of rotatable bonds is 7. The maximum absolute atomic E-state index is 12.3. The zero-order chi connectivity index (χ0) is 19.1. The van der Waals surface area contributed by atoms with Gasteiger partial charge in [-0.3, -0.25) is 4.79 Å². The molecule has 0 aliphatic rings. The number of benzene rings is 1. The molecule has 0 unspecified atom stereocenters.